The molecule has 0 radical (unpaired) electrons. The van der Waals surface area contributed by atoms with Gasteiger partial charge in [-0.3, -0.25) is 4.79 Å². The lowest BCUT2D eigenvalue weighted by atomic mass is 10.4. The predicted molar refractivity (Wildman–Crippen MR) is 73.0 cm³/mol. The molecule has 0 aliphatic carbocycles. The van der Waals surface area contributed by atoms with Gasteiger partial charge in [0.1, 0.15) is 0 Å². The van der Waals surface area contributed by atoms with E-state index in [1.54, 1.807) is 0 Å². The Balaban J connectivity index is 3.36. The molecule has 0 aliphatic heterocycles. The zero-order valence-electron chi connectivity index (χ0n) is 10.7. The van der Waals surface area contributed by atoms with Crippen molar-refractivity contribution in [3.63, 3.8) is 0 Å². The average molecular weight is 261 g/mol. The molecule has 6 heteroatoms. The smallest absolute Gasteiger partial charge is 0.239 e. The minimum atomic E-state index is -0.0367. The van der Waals surface area contributed by atoms with E-state index in [1.807, 2.05) is 13.8 Å². The van der Waals surface area contributed by atoms with Crippen LogP contribution >= 0.6 is 12.2 Å². The molecule has 0 bridgehead atoms. The Kier molecular flexibility index (Phi) is 11.0. The monoisotopic (exact) mass is 261 g/mol. The number of carbonyl (C=O) groups excluding carboxylic acids is 1. The lowest BCUT2D eigenvalue weighted by Crippen LogP contribution is -2.42. The van der Waals surface area contributed by atoms with Gasteiger partial charge in [-0.2, -0.15) is 0 Å². The third-order valence-electron chi connectivity index (χ3n) is 1.94. The highest BCUT2D eigenvalue weighted by Gasteiger charge is 2.00. The Hall–Kier alpha value is -0.880. The van der Waals surface area contributed by atoms with Gasteiger partial charge in [0.2, 0.25) is 5.91 Å². The first kappa shape index (κ1) is 16.1. The summed E-state index contributed by atoms with van der Waals surface area (Å²) >= 11 is 5.02. The highest BCUT2D eigenvalue weighted by molar-refractivity contribution is 7.80. The second kappa shape index (κ2) is 11.6. The fraction of sp³-hybridized carbons (Fsp3) is 0.818. The first-order valence-corrected chi connectivity index (χ1v) is 6.47. The standard InChI is InChI=1S/C11H23N3O2S/c1-3-6-12-10(15)9-14-11(17)13-7-5-8-16-4-2/h3-9H2,1-2H3,(H,12,15)(H2,13,14,17). The summed E-state index contributed by atoms with van der Waals surface area (Å²) in [5, 5.41) is 9.13. The largest absolute Gasteiger partial charge is 0.382 e. The zero-order valence-corrected chi connectivity index (χ0v) is 11.5. The number of thiocarbonyl (C=S) groups is 1. The number of nitrogens with one attached hydrogen (secondary N) is 3. The molecule has 0 fully saturated rings. The van der Waals surface area contributed by atoms with Gasteiger partial charge in [0.05, 0.1) is 6.54 Å². The summed E-state index contributed by atoms with van der Waals surface area (Å²) in [6, 6.07) is 0. The van der Waals surface area contributed by atoms with Crippen LogP contribution in [0.25, 0.3) is 0 Å². The van der Waals surface area contributed by atoms with Crippen LogP contribution in [-0.4, -0.2) is 43.9 Å². The molecule has 0 unspecified atom stereocenters. The Morgan fingerprint density at radius 1 is 1.18 bits per heavy atom. The highest BCUT2D eigenvalue weighted by atomic mass is 32.1. The molecule has 0 saturated carbocycles. The summed E-state index contributed by atoms with van der Waals surface area (Å²) in [4.78, 5) is 11.2. The van der Waals surface area contributed by atoms with Gasteiger partial charge in [-0.15, -0.1) is 0 Å². The van der Waals surface area contributed by atoms with Crippen LogP contribution in [0, 0.1) is 0 Å². The summed E-state index contributed by atoms with van der Waals surface area (Å²) in [6.45, 7) is 7.12. The van der Waals surface area contributed by atoms with Crippen molar-refractivity contribution in [1.29, 1.82) is 0 Å². The van der Waals surface area contributed by atoms with E-state index >= 15 is 0 Å². The van der Waals surface area contributed by atoms with E-state index in [0.717, 1.165) is 32.6 Å². The zero-order chi connectivity index (χ0) is 12.9. The van der Waals surface area contributed by atoms with Crippen LogP contribution in [0.5, 0.6) is 0 Å². The van der Waals surface area contributed by atoms with E-state index in [4.69, 9.17) is 17.0 Å². The van der Waals surface area contributed by atoms with Gasteiger partial charge in [0.15, 0.2) is 5.11 Å². The fourth-order valence-electron chi connectivity index (χ4n) is 1.07. The number of carbonyl (C=O) groups is 1. The molecular weight excluding hydrogens is 238 g/mol. The fourth-order valence-corrected chi connectivity index (χ4v) is 1.24. The van der Waals surface area contributed by atoms with Crippen LogP contribution in [0.3, 0.4) is 0 Å². The SMILES string of the molecule is CCCNC(=O)CNC(=S)NCCCOCC. The van der Waals surface area contributed by atoms with Gasteiger partial charge in [0, 0.05) is 26.3 Å². The first-order chi connectivity index (χ1) is 8.20. The molecule has 5 nitrogen and oxygen atoms in total. The first-order valence-electron chi connectivity index (χ1n) is 6.06. The lowest BCUT2D eigenvalue weighted by Gasteiger charge is -2.10. The van der Waals surface area contributed by atoms with Gasteiger partial charge < -0.3 is 20.7 Å². The molecular formula is C11H23N3O2S. The normalized spacial score (nSPS) is 9.76. The van der Waals surface area contributed by atoms with Crippen molar-refractivity contribution in [1.82, 2.24) is 16.0 Å². The van der Waals surface area contributed by atoms with Crippen molar-refractivity contribution in [3.8, 4) is 0 Å². The summed E-state index contributed by atoms with van der Waals surface area (Å²) in [6.07, 6.45) is 1.84. The maximum Gasteiger partial charge on any atom is 0.239 e. The van der Waals surface area contributed by atoms with E-state index in [1.165, 1.54) is 0 Å². The number of hydrogen-bond donors (Lipinski definition) is 3. The molecule has 0 rings (SSSR count). The molecule has 0 aromatic heterocycles. The maximum absolute atomic E-state index is 11.2. The number of amides is 1. The van der Waals surface area contributed by atoms with E-state index < -0.39 is 0 Å². The summed E-state index contributed by atoms with van der Waals surface area (Å²) < 4.78 is 5.19. The van der Waals surface area contributed by atoms with Gasteiger partial charge >= 0.3 is 0 Å². The highest BCUT2D eigenvalue weighted by Crippen LogP contribution is 1.80. The number of hydrogen-bond acceptors (Lipinski definition) is 3. The molecule has 3 N–H and O–H groups in total. The van der Waals surface area contributed by atoms with Gasteiger partial charge in [-0.05, 0) is 32.0 Å². The lowest BCUT2D eigenvalue weighted by molar-refractivity contribution is -0.119. The Labute approximate surface area is 109 Å². The Morgan fingerprint density at radius 2 is 1.94 bits per heavy atom. The van der Waals surface area contributed by atoms with E-state index in [2.05, 4.69) is 16.0 Å². The van der Waals surface area contributed by atoms with Crippen molar-refractivity contribution in [2.75, 3.05) is 32.8 Å². The van der Waals surface area contributed by atoms with E-state index in [9.17, 15) is 4.79 Å². The van der Waals surface area contributed by atoms with E-state index in [-0.39, 0.29) is 12.5 Å². The van der Waals surface area contributed by atoms with Crippen molar-refractivity contribution >= 4 is 23.2 Å². The molecule has 0 saturated heterocycles. The molecule has 1 amide bonds. The number of rotatable bonds is 9. The van der Waals surface area contributed by atoms with Crippen LogP contribution in [0.1, 0.15) is 26.7 Å². The van der Waals surface area contributed by atoms with Crippen LogP contribution in [0.15, 0.2) is 0 Å². The van der Waals surface area contributed by atoms with Gasteiger partial charge in [0.25, 0.3) is 0 Å². The van der Waals surface area contributed by atoms with Gasteiger partial charge in [-0.25, -0.2) is 0 Å². The summed E-state index contributed by atoms with van der Waals surface area (Å²) in [5.74, 6) is -0.0367. The molecule has 0 spiro atoms. The van der Waals surface area contributed by atoms with Gasteiger partial charge in [-0.1, -0.05) is 6.92 Å². The topological polar surface area (TPSA) is 62.4 Å². The third-order valence-corrected chi connectivity index (χ3v) is 2.23. The third kappa shape index (κ3) is 11.4. The van der Waals surface area contributed by atoms with E-state index in [0.29, 0.717) is 11.7 Å². The van der Waals surface area contributed by atoms with Crippen LogP contribution in [0.4, 0.5) is 0 Å². The molecule has 0 heterocycles. The molecule has 0 aliphatic rings. The van der Waals surface area contributed by atoms with Crippen LogP contribution in [-0.2, 0) is 9.53 Å². The quantitative estimate of drug-likeness (QED) is 0.414. The molecule has 100 valence electrons. The van der Waals surface area contributed by atoms with Crippen molar-refractivity contribution < 1.29 is 9.53 Å². The van der Waals surface area contributed by atoms with Crippen molar-refractivity contribution in [2.45, 2.75) is 26.7 Å². The Morgan fingerprint density at radius 3 is 2.59 bits per heavy atom. The second-order valence-corrected chi connectivity index (χ2v) is 3.92. The molecule has 0 atom stereocenters. The summed E-state index contributed by atoms with van der Waals surface area (Å²) in [7, 11) is 0. The van der Waals surface area contributed by atoms with Crippen LogP contribution in [0.2, 0.25) is 0 Å². The Bertz CT molecular complexity index is 225. The second-order valence-electron chi connectivity index (χ2n) is 3.51. The molecule has 0 aromatic carbocycles. The molecule has 17 heavy (non-hydrogen) atoms. The average Bonchev–Trinajstić information content (AvgIpc) is 2.33. The van der Waals surface area contributed by atoms with Crippen molar-refractivity contribution in [3.05, 3.63) is 0 Å². The predicted octanol–water partition coefficient (Wildman–Crippen LogP) is 0.403. The van der Waals surface area contributed by atoms with Crippen molar-refractivity contribution in [2.24, 2.45) is 0 Å². The van der Waals surface area contributed by atoms with Crippen LogP contribution < -0.4 is 16.0 Å². The summed E-state index contributed by atoms with van der Waals surface area (Å²) in [5.41, 5.74) is 0. The minimum Gasteiger partial charge on any atom is -0.382 e. The minimum absolute atomic E-state index is 0.0367. The number of ether oxygens (including phenoxy) is 1. The maximum atomic E-state index is 11.2. The molecule has 0 aromatic rings.